The first kappa shape index (κ1) is 18.6. The van der Waals surface area contributed by atoms with E-state index in [0.717, 1.165) is 5.56 Å². The lowest BCUT2D eigenvalue weighted by Gasteiger charge is -2.09. The minimum Gasteiger partial charge on any atom is -0.352 e. The zero-order chi connectivity index (χ0) is 20.2. The number of nitrogens with one attached hydrogen (secondary N) is 1. The summed E-state index contributed by atoms with van der Waals surface area (Å²) in [6.45, 7) is 0.445. The largest absolute Gasteiger partial charge is 0.352 e. The Morgan fingerprint density at radius 2 is 1.69 bits per heavy atom. The van der Waals surface area contributed by atoms with Crippen molar-refractivity contribution in [1.82, 2.24) is 14.9 Å². The molecule has 144 valence electrons. The second kappa shape index (κ2) is 8.06. The van der Waals surface area contributed by atoms with Crippen LogP contribution in [0, 0.1) is 5.82 Å². The molecule has 0 fully saturated rings. The van der Waals surface area contributed by atoms with E-state index in [2.05, 4.69) is 10.3 Å². The molecule has 0 saturated heterocycles. The molecule has 0 unspecified atom stereocenters. The fourth-order valence-electron chi connectivity index (χ4n) is 3.10. The monoisotopic (exact) mass is 387 g/mol. The predicted molar refractivity (Wildman–Crippen MR) is 110 cm³/mol. The van der Waals surface area contributed by atoms with Gasteiger partial charge in [0.1, 0.15) is 12.1 Å². The molecule has 0 saturated carbocycles. The number of carbonyl (C=O) groups excluding carboxylic acids is 1. The molecule has 0 aliphatic rings. The van der Waals surface area contributed by atoms with Crippen LogP contribution in [0.15, 0.2) is 83.9 Å². The van der Waals surface area contributed by atoms with Crippen molar-refractivity contribution in [3.05, 3.63) is 106 Å². The molecule has 0 spiro atoms. The van der Waals surface area contributed by atoms with Crippen LogP contribution in [0.3, 0.4) is 0 Å². The van der Waals surface area contributed by atoms with Crippen LogP contribution < -0.4 is 10.9 Å². The summed E-state index contributed by atoms with van der Waals surface area (Å²) in [6.07, 6.45) is 2.10. The van der Waals surface area contributed by atoms with Crippen molar-refractivity contribution in [1.29, 1.82) is 0 Å². The van der Waals surface area contributed by atoms with Gasteiger partial charge < -0.3 is 5.32 Å². The van der Waals surface area contributed by atoms with Crippen molar-refractivity contribution in [2.45, 2.75) is 6.42 Å². The first-order chi connectivity index (χ1) is 14.1. The Morgan fingerprint density at radius 1 is 0.966 bits per heavy atom. The zero-order valence-electron chi connectivity index (χ0n) is 15.5. The van der Waals surface area contributed by atoms with E-state index < -0.39 is 0 Å². The Labute approximate surface area is 166 Å². The summed E-state index contributed by atoms with van der Waals surface area (Å²) < 4.78 is 14.4. The quantitative estimate of drug-likeness (QED) is 0.570. The highest BCUT2D eigenvalue weighted by molar-refractivity contribution is 5.94. The lowest BCUT2D eigenvalue weighted by atomic mass is 10.1. The first-order valence-corrected chi connectivity index (χ1v) is 9.21. The molecule has 0 aliphatic heterocycles. The van der Waals surface area contributed by atoms with Crippen LogP contribution in [0.5, 0.6) is 0 Å². The molecular weight excluding hydrogens is 369 g/mol. The number of hydrogen-bond acceptors (Lipinski definition) is 3. The molecule has 4 aromatic rings. The Balaban J connectivity index is 1.45. The summed E-state index contributed by atoms with van der Waals surface area (Å²) in [5, 5.41) is 3.38. The minimum atomic E-state index is -0.279. The SMILES string of the molecule is O=C(NCCc1ccc(F)cc1)c1ccc(-n2cnc3ccccc3c2=O)cc1. The molecule has 0 aliphatic carbocycles. The van der Waals surface area contributed by atoms with Crippen molar-refractivity contribution >= 4 is 16.8 Å². The average Bonchev–Trinajstić information content (AvgIpc) is 2.76. The molecular formula is C23H18FN3O2. The van der Waals surface area contributed by atoms with Gasteiger partial charge in [-0.3, -0.25) is 14.2 Å². The normalized spacial score (nSPS) is 10.8. The van der Waals surface area contributed by atoms with Gasteiger partial charge >= 0.3 is 0 Å². The van der Waals surface area contributed by atoms with Gasteiger partial charge in [-0.25, -0.2) is 9.37 Å². The maximum atomic E-state index is 12.9. The number of halogens is 1. The number of amides is 1. The minimum absolute atomic E-state index is 0.160. The summed E-state index contributed by atoms with van der Waals surface area (Å²) >= 11 is 0. The number of hydrogen-bond donors (Lipinski definition) is 1. The Bertz CT molecular complexity index is 1220. The predicted octanol–water partition coefficient (Wildman–Crippen LogP) is 3.50. The standard InChI is InChI=1S/C23H18FN3O2/c24-18-9-5-16(6-10-18)13-14-25-22(28)17-7-11-19(12-8-17)27-15-26-21-4-2-1-3-20(21)23(27)29/h1-12,15H,13-14H2,(H,25,28). The molecule has 4 rings (SSSR count). The maximum Gasteiger partial charge on any atom is 0.265 e. The lowest BCUT2D eigenvalue weighted by Crippen LogP contribution is -2.25. The van der Waals surface area contributed by atoms with Crippen LogP contribution in [-0.2, 0) is 6.42 Å². The number of nitrogens with zero attached hydrogens (tertiary/aromatic N) is 2. The molecule has 0 bridgehead atoms. The van der Waals surface area contributed by atoms with Crippen LogP contribution in [-0.4, -0.2) is 22.0 Å². The molecule has 1 amide bonds. The van der Waals surface area contributed by atoms with Crippen LogP contribution in [0.2, 0.25) is 0 Å². The summed E-state index contributed by atoms with van der Waals surface area (Å²) in [6, 6.07) is 20.1. The second-order valence-electron chi connectivity index (χ2n) is 6.62. The number of rotatable bonds is 5. The Morgan fingerprint density at radius 3 is 2.45 bits per heavy atom. The van der Waals surface area contributed by atoms with E-state index >= 15 is 0 Å². The third-order valence-electron chi connectivity index (χ3n) is 4.69. The van der Waals surface area contributed by atoms with E-state index in [1.165, 1.54) is 23.0 Å². The summed E-state index contributed by atoms with van der Waals surface area (Å²) in [5.41, 5.74) is 2.56. The number of benzene rings is 3. The van der Waals surface area contributed by atoms with Gasteiger partial charge in [0.05, 0.1) is 16.6 Å². The van der Waals surface area contributed by atoms with Gasteiger partial charge in [-0.05, 0) is 60.5 Å². The molecule has 3 aromatic carbocycles. The summed E-state index contributed by atoms with van der Waals surface area (Å²) in [5.74, 6) is -0.485. The molecule has 5 nitrogen and oxygen atoms in total. The number of para-hydroxylation sites is 1. The average molecular weight is 387 g/mol. The van der Waals surface area contributed by atoms with E-state index in [9.17, 15) is 14.0 Å². The van der Waals surface area contributed by atoms with Crippen LogP contribution >= 0.6 is 0 Å². The van der Waals surface area contributed by atoms with Crippen molar-refractivity contribution < 1.29 is 9.18 Å². The van der Waals surface area contributed by atoms with Crippen molar-refractivity contribution in [3.8, 4) is 5.69 Å². The third kappa shape index (κ3) is 4.06. The fraction of sp³-hybridized carbons (Fsp3) is 0.0870. The lowest BCUT2D eigenvalue weighted by molar-refractivity contribution is 0.0954. The smallest absolute Gasteiger partial charge is 0.265 e. The van der Waals surface area contributed by atoms with E-state index in [4.69, 9.17) is 0 Å². The van der Waals surface area contributed by atoms with E-state index in [1.54, 1.807) is 54.6 Å². The van der Waals surface area contributed by atoms with Crippen LogP contribution in [0.4, 0.5) is 4.39 Å². The third-order valence-corrected chi connectivity index (χ3v) is 4.69. The molecule has 29 heavy (non-hydrogen) atoms. The van der Waals surface area contributed by atoms with Gasteiger partial charge in [-0.1, -0.05) is 24.3 Å². The maximum absolute atomic E-state index is 12.9. The van der Waals surface area contributed by atoms with Crippen molar-refractivity contribution in [2.75, 3.05) is 6.54 Å². The number of aromatic nitrogens is 2. The Kier molecular flexibility index (Phi) is 5.16. The highest BCUT2D eigenvalue weighted by Gasteiger charge is 2.08. The van der Waals surface area contributed by atoms with Gasteiger partial charge in [0.25, 0.3) is 11.5 Å². The Hall–Kier alpha value is -3.80. The van der Waals surface area contributed by atoms with Gasteiger partial charge in [-0.15, -0.1) is 0 Å². The highest BCUT2D eigenvalue weighted by Crippen LogP contribution is 2.11. The fourth-order valence-corrected chi connectivity index (χ4v) is 3.10. The van der Waals surface area contributed by atoms with Crippen molar-refractivity contribution in [3.63, 3.8) is 0 Å². The van der Waals surface area contributed by atoms with Crippen molar-refractivity contribution in [2.24, 2.45) is 0 Å². The molecule has 1 heterocycles. The summed E-state index contributed by atoms with van der Waals surface area (Å²) in [4.78, 5) is 29.3. The van der Waals surface area contributed by atoms with E-state index in [1.807, 2.05) is 6.07 Å². The summed E-state index contributed by atoms with van der Waals surface area (Å²) in [7, 11) is 0. The molecule has 1 N–H and O–H groups in total. The van der Waals surface area contributed by atoms with Gasteiger partial charge in [0.15, 0.2) is 0 Å². The topological polar surface area (TPSA) is 64.0 Å². The first-order valence-electron chi connectivity index (χ1n) is 9.21. The second-order valence-corrected chi connectivity index (χ2v) is 6.62. The molecule has 0 atom stereocenters. The zero-order valence-corrected chi connectivity index (χ0v) is 15.5. The molecule has 0 radical (unpaired) electrons. The number of carbonyl (C=O) groups is 1. The highest BCUT2D eigenvalue weighted by atomic mass is 19.1. The van der Waals surface area contributed by atoms with Crippen LogP contribution in [0.25, 0.3) is 16.6 Å². The van der Waals surface area contributed by atoms with E-state index in [-0.39, 0.29) is 17.3 Å². The molecule has 6 heteroatoms. The van der Waals surface area contributed by atoms with Gasteiger partial charge in [-0.2, -0.15) is 0 Å². The van der Waals surface area contributed by atoms with Gasteiger partial charge in [0, 0.05) is 12.1 Å². The molecule has 1 aromatic heterocycles. The van der Waals surface area contributed by atoms with Crippen LogP contribution in [0.1, 0.15) is 15.9 Å². The van der Waals surface area contributed by atoms with E-state index in [0.29, 0.717) is 35.1 Å². The van der Waals surface area contributed by atoms with Gasteiger partial charge in [0.2, 0.25) is 0 Å². The number of fused-ring (bicyclic) bond motifs is 1.